The molecule has 1 aromatic heterocycles. The van der Waals surface area contributed by atoms with Crippen LogP contribution in [0.1, 0.15) is 88.7 Å². The van der Waals surface area contributed by atoms with Crippen molar-refractivity contribution in [3.63, 3.8) is 0 Å². The van der Waals surface area contributed by atoms with Gasteiger partial charge in [-0.3, -0.25) is 4.79 Å². The van der Waals surface area contributed by atoms with Crippen LogP contribution in [0, 0.1) is 10.8 Å². The standard InChI is InChI=1S/C31H47N5O2/c1-30(2,3)21-33-26-14-13-25(34-28(26)32-6)22-15-16-31(4,5)27(20-22)35-29(38)23-11-10-12-24(19-23)36(7)17-8-9-18-37/h10-14,18-19,22,27,33H,8-9,15-17,20-21H2,1-7H3,(H,32,34)(H,35,38). The molecule has 0 aliphatic heterocycles. The normalized spacial score (nSPS) is 18.9. The van der Waals surface area contributed by atoms with Gasteiger partial charge in [-0.2, -0.15) is 0 Å². The van der Waals surface area contributed by atoms with Gasteiger partial charge >= 0.3 is 0 Å². The fraction of sp³-hybridized carbons (Fsp3) is 0.581. The SMILES string of the molecule is CNc1nc(C2CCC(C)(C)C(NC(=O)c3cccc(N(C)CCCC=O)c3)C2)ccc1NCC(C)(C)C. The molecule has 1 fully saturated rings. The van der Waals surface area contributed by atoms with Crippen molar-refractivity contribution in [3.8, 4) is 0 Å². The molecule has 208 valence electrons. The summed E-state index contributed by atoms with van der Waals surface area (Å²) in [6.45, 7) is 12.8. The number of carbonyl (C=O) groups excluding carboxylic acids is 2. The number of nitrogens with one attached hydrogen (secondary N) is 3. The Hall–Kier alpha value is -3.09. The van der Waals surface area contributed by atoms with E-state index >= 15 is 0 Å². The highest BCUT2D eigenvalue weighted by molar-refractivity contribution is 5.95. The summed E-state index contributed by atoms with van der Waals surface area (Å²) in [7, 11) is 3.90. The number of amides is 1. The molecule has 3 N–H and O–H groups in total. The van der Waals surface area contributed by atoms with E-state index in [9.17, 15) is 9.59 Å². The minimum atomic E-state index is -0.0440. The summed E-state index contributed by atoms with van der Waals surface area (Å²) in [5.41, 5.74) is 3.90. The van der Waals surface area contributed by atoms with Crippen molar-refractivity contribution < 1.29 is 9.59 Å². The summed E-state index contributed by atoms with van der Waals surface area (Å²) in [6, 6.07) is 12.0. The van der Waals surface area contributed by atoms with Gasteiger partial charge in [-0.25, -0.2) is 4.98 Å². The number of anilines is 3. The largest absolute Gasteiger partial charge is 0.382 e. The molecular formula is C31H47N5O2. The number of rotatable bonds is 11. The molecule has 1 saturated carbocycles. The number of carbonyl (C=O) groups is 2. The molecule has 1 aromatic carbocycles. The minimum absolute atomic E-state index is 0.00453. The lowest BCUT2D eigenvalue weighted by molar-refractivity contribution is -0.107. The number of nitrogens with zero attached hydrogens (tertiary/aromatic N) is 2. The zero-order chi connectivity index (χ0) is 27.9. The Labute approximate surface area is 229 Å². The van der Waals surface area contributed by atoms with Crippen LogP contribution in [0.15, 0.2) is 36.4 Å². The van der Waals surface area contributed by atoms with Gasteiger partial charge in [-0.15, -0.1) is 0 Å². The molecule has 0 saturated heterocycles. The van der Waals surface area contributed by atoms with Crippen LogP contribution in [-0.4, -0.2) is 50.4 Å². The average molecular weight is 522 g/mol. The van der Waals surface area contributed by atoms with E-state index in [0.29, 0.717) is 12.0 Å². The molecule has 3 rings (SSSR count). The smallest absolute Gasteiger partial charge is 0.251 e. The van der Waals surface area contributed by atoms with Gasteiger partial charge in [0.05, 0.1) is 5.69 Å². The summed E-state index contributed by atoms with van der Waals surface area (Å²) in [6.07, 6.45) is 5.21. The number of pyridine rings is 1. The van der Waals surface area contributed by atoms with Gasteiger partial charge in [0.15, 0.2) is 0 Å². The number of unbranched alkanes of at least 4 members (excludes halogenated alkanes) is 1. The highest BCUT2D eigenvalue weighted by atomic mass is 16.1. The van der Waals surface area contributed by atoms with E-state index < -0.39 is 0 Å². The van der Waals surface area contributed by atoms with Crippen molar-refractivity contribution in [2.75, 3.05) is 42.7 Å². The molecule has 1 heterocycles. The summed E-state index contributed by atoms with van der Waals surface area (Å²) in [4.78, 5) is 31.1. The first-order valence-electron chi connectivity index (χ1n) is 13.9. The molecule has 1 aliphatic carbocycles. The molecule has 0 bridgehead atoms. The van der Waals surface area contributed by atoms with E-state index in [1.807, 2.05) is 38.4 Å². The summed E-state index contributed by atoms with van der Waals surface area (Å²) in [5, 5.41) is 10.1. The van der Waals surface area contributed by atoms with Crippen molar-refractivity contribution in [2.45, 2.75) is 78.7 Å². The Bertz CT molecular complexity index is 1090. The van der Waals surface area contributed by atoms with Crippen LogP contribution < -0.4 is 20.9 Å². The van der Waals surface area contributed by atoms with Gasteiger partial charge in [0, 0.05) is 62.5 Å². The van der Waals surface area contributed by atoms with E-state index in [1.165, 1.54) is 0 Å². The Balaban J connectivity index is 1.71. The summed E-state index contributed by atoms with van der Waals surface area (Å²) >= 11 is 0. The fourth-order valence-electron chi connectivity index (χ4n) is 5.03. The molecule has 7 heteroatoms. The number of aldehydes is 1. The molecule has 2 atom stereocenters. The highest BCUT2D eigenvalue weighted by Gasteiger charge is 2.38. The topological polar surface area (TPSA) is 86.4 Å². The zero-order valence-electron chi connectivity index (χ0n) is 24.4. The minimum Gasteiger partial charge on any atom is -0.382 e. The van der Waals surface area contributed by atoms with Crippen LogP contribution in [0.25, 0.3) is 0 Å². The maximum absolute atomic E-state index is 13.4. The second-order valence-electron chi connectivity index (χ2n) is 12.6. The first-order chi connectivity index (χ1) is 17.9. The van der Waals surface area contributed by atoms with E-state index in [1.54, 1.807) is 0 Å². The Morgan fingerprint density at radius 2 is 1.97 bits per heavy atom. The third-order valence-corrected chi connectivity index (χ3v) is 7.65. The first-order valence-corrected chi connectivity index (χ1v) is 13.9. The molecule has 1 aliphatic rings. The van der Waals surface area contributed by atoms with Crippen molar-refractivity contribution in [3.05, 3.63) is 47.7 Å². The van der Waals surface area contributed by atoms with E-state index in [-0.39, 0.29) is 28.7 Å². The molecule has 7 nitrogen and oxygen atoms in total. The van der Waals surface area contributed by atoms with Gasteiger partial charge in [-0.1, -0.05) is 40.7 Å². The van der Waals surface area contributed by atoms with E-state index in [2.05, 4.69) is 67.6 Å². The van der Waals surface area contributed by atoms with Crippen LogP contribution in [0.2, 0.25) is 0 Å². The van der Waals surface area contributed by atoms with Crippen LogP contribution in [-0.2, 0) is 4.79 Å². The lowest BCUT2D eigenvalue weighted by Gasteiger charge is -2.42. The average Bonchev–Trinajstić information content (AvgIpc) is 2.88. The van der Waals surface area contributed by atoms with Crippen molar-refractivity contribution >= 4 is 29.4 Å². The highest BCUT2D eigenvalue weighted by Crippen LogP contribution is 2.43. The first kappa shape index (κ1) is 29.5. The van der Waals surface area contributed by atoms with Crippen molar-refractivity contribution in [1.82, 2.24) is 10.3 Å². The van der Waals surface area contributed by atoms with Crippen LogP contribution in [0.3, 0.4) is 0 Å². The van der Waals surface area contributed by atoms with Gasteiger partial charge in [0.1, 0.15) is 12.1 Å². The summed E-state index contributed by atoms with van der Waals surface area (Å²) < 4.78 is 0. The molecular weight excluding hydrogens is 474 g/mol. The molecule has 0 radical (unpaired) electrons. The Kier molecular flexibility index (Phi) is 9.80. The third kappa shape index (κ3) is 7.95. The molecule has 2 aromatic rings. The molecule has 2 unspecified atom stereocenters. The Morgan fingerprint density at radius 3 is 2.66 bits per heavy atom. The lowest BCUT2D eigenvalue weighted by atomic mass is 9.68. The number of benzene rings is 1. The Morgan fingerprint density at radius 1 is 1.21 bits per heavy atom. The lowest BCUT2D eigenvalue weighted by Crippen LogP contribution is -2.48. The van der Waals surface area contributed by atoms with Crippen LogP contribution in [0.5, 0.6) is 0 Å². The van der Waals surface area contributed by atoms with E-state index in [4.69, 9.17) is 4.98 Å². The van der Waals surface area contributed by atoms with Crippen molar-refractivity contribution in [2.24, 2.45) is 10.8 Å². The monoisotopic (exact) mass is 521 g/mol. The van der Waals surface area contributed by atoms with Crippen LogP contribution in [0.4, 0.5) is 17.2 Å². The van der Waals surface area contributed by atoms with Gasteiger partial charge in [0.2, 0.25) is 0 Å². The van der Waals surface area contributed by atoms with Gasteiger partial charge < -0.3 is 25.6 Å². The predicted molar refractivity (Wildman–Crippen MR) is 158 cm³/mol. The number of hydrogen-bond donors (Lipinski definition) is 3. The number of aromatic nitrogens is 1. The second kappa shape index (κ2) is 12.6. The van der Waals surface area contributed by atoms with E-state index in [0.717, 1.165) is 67.9 Å². The maximum Gasteiger partial charge on any atom is 0.251 e. The molecule has 38 heavy (non-hydrogen) atoms. The van der Waals surface area contributed by atoms with Gasteiger partial charge in [-0.05, 0) is 66.8 Å². The maximum atomic E-state index is 13.4. The van der Waals surface area contributed by atoms with Gasteiger partial charge in [0.25, 0.3) is 5.91 Å². The third-order valence-electron chi connectivity index (χ3n) is 7.65. The molecule has 0 spiro atoms. The number of hydrogen-bond acceptors (Lipinski definition) is 6. The second-order valence-corrected chi connectivity index (χ2v) is 12.6. The fourth-order valence-corrected chi connectivity index (χ4v) is 5.03. The zero-order valence-corrected chi connectivity index (χ0v) is 24.4. The summed E-state index contributed by atoms with van der Waals surface area (Å²) in [5.74, 6) is 1.11. The van der Waals surface area contributed by atoms with Crippen molar-refractivity contribution in [1.29, 1.82) is 0 Å². The van der Waals surface area contributed by atoms with Crippen LogP contribution >= 0.6 is 0 Å². The quantitative estimate of drug-likeness (QED) is 0.245. The predicted octanol–water partition coefficient (Wildman–Crippen LogP) is 6.09. The molecule has 1 amide bonds.